The SMILES string of the molecule is C[C@@H]1C(C)(C(O)CO)O[C@@](COC(=O)CCCCC2SC[C@@H]3NC(=O)N[C@H]23)(C(=O)O)C(C)(C)C1(C)O. The molecule has 3 heterocycles. The van der Waals surface area contributed by atoms with E-state index in [9.17, 15) is 34.8 Å². The first-order chi connectivity index (χ1) is 16.6. The van der Waals surface area contributed by atoms with E-state index in [1.165, 1.54) is 27.7 Å². The Bertz CT molecular complexity index is 869. The number of carbonyl (C=O) groups is 3. The molecule has 0 bridgehead atoms. The van der Waals surface area contributed by atoms with Gasteiger partial charge in [-0.15, -0.1) is 0 Å². The Hall–Kier alpha value is -1.60. The van der Waals surface area contributed by atoms with Crippen LogP contribution in [-0.4, -0.2) is 97.6 Å². The molecular formula is C24H40N2O9S. The number of carboxylic acids is 1. The van der Waals surface area contributed by atoms with Gasteiger partial charge in [-0.05, 0) is 26.7 Å². The number of aliphatic hydroxyl groups is 3. The van der Waals surface area contributed by atoms with Crippen molar-refractivity contribution < 1.29 is 44.3 Å². The summed E-state index contributed by atoms with van der Waals surface area (Å²) in [6, 6.07) is 0.0860. The number of carbonyl (C=O) groups excluding carboxylic acids is 2. The molecule has 11 nitrogen and oxygen atoms in total. The molecule has 0 aromatic carbocycles. The van der Waals surface area contributed by atoms with Gasteiger partial charge in [0.05, 0.1) is 24.3 Å². The number of rotatable bonds is 10. The molecule has 3 rings (SSSR count). The maximum Gasteiger partial charge on any atom is 0.340 e. The fraction of sp³-hybridized carbons (Fsp3) is 0.875. The molecule has 206 valence electrons. The Morgan fingerprint density at radius 3 is 2.50 bits per heavy atom. The molecule has 4 unspecified atom stereocenters. The molecule has 2 amide bonds. The molecule has 6 N–H and O–H groups in total. The molecule has 12 heteroatoms. The number of aliphatic carboxylic acids is 1. The van der Waals surface area contributed by atoms with Gasteiger partial charge in [0.15, 0.2) is 0 Å². The van der Waals surface area contributed by atoms with Crippen molar-refractivity contribution in [3.8, 4) is 0 Å². The highest BCUT2D eigenvalue weighted by Crippen LogP contribution is 2.57. The zero-order chi connectivity index (χ0) is 27.1. The molecule has 3 aliphatic rings. The number of amides is 2. The lowest BCUT2D eigenvalue weighted by molar-refractivity contribution is -0.349. The number of hydrogen-bond donors (Lipinski definition) is 6. The third kappa shape index (κ3) is 4.70. The number of nitrogens with one attached hydrogen (secondary N) is 2. The van der Waals surface area contributed by atoms with Crippen molar-refractivity contribution >= 4 is 29.7 Å². The van der Waals surface area contributed by atoms with Gasteiger partial charge in [-0.1, -0.05) is 27.2 Å². The number of hydrogen-bond acceptors (Lipinski definition) is 9. The van der Waals surface area contributed by atoms with Crippen LogP contribution in [0.1, 0.15) is 60.3 Å². The molecule has 0 saturated carbocycles. The van der Waals surface area contributed by atoms with Gasteiger partial charge in [0.2, 0.25) is 5.60 Å². The van der Waals surface area contributed by atoms with Crippen molar-refractivity contribution in [1.29, 1.82) is 0 Å². The van der Waals surface area contributed by atoms with Crippen LogP contribution in [0.4, 0.5) is 4.79 Å². The van der Waals surface area contributed by atoms with E-state index in [4.69, 9.17) is 9.47 Å². The van der Waals surface area contributed by atoms with Gasteiger partial charge in [-0.2, -0.15) is 11.8 Å². The van der Waals surface area contributed by atoms with Crippen molar-refractivity contribution in [1.82, 2.24) is 10.6 Å². The Morgan fingerprint density at radius 2 is 1.89 bits per heavy atom. The molecule has 0 spiro atoms. The maximum absolute atomic E-state index is 12.6. The van der Waals surface area contributed by atoms with Crippen molar-refractivity contribution in [2.45, 2.75) is 101 Å². The van der Waals surface area contributed by atoms with Gasteiger partial charge in [0, 0.05) is 28.8 Å². The Labute approximate surface area is 215 Å². The number of carboxylic acid groups (broad SMARTS) is 1. The second-order valence-electron chi connectivity index (χ2n) is 11.1. The first kappa shape index (κ1) is 29.0. The van der Waals surface area contributed by atoms with Crippen LogP contribution in [0.2, 0.25) is 0 Å². The highest BCUT2D eigenvalue weighted by Gasteiger charge is 2.72. The summed E-state index contributed by atoms with van der Waals surface area (Å²) < 4.78 is 11.4. The van der Waals surface area contributed by atoms with Crippen LogP contribution in [0.5, 0.6) is 0 Å². The van der Waals surface area contributed by atoms with E-state index in [-0.39, 0.29) is 29.8 Å². The zero-order valence-corrected chi connectivity index (χ0v) is 22.4. The van der Waals surface area contributed by atoms with Gasteiger partial charge >= 0.3 is 18.0 Å². The van der Waals surface area contributed by atoms with E-state index in [2.05, 4.69) is 10.6 Å². The normalized spacial score (nSPS) is 40.2. The Kier molecular flexibility index (Phi) is 8.27. The number of urea groups is 1. The largest absolute Gasteiger partial charge is 0.479 e. The summed E-state index contributed by atoms with van der Waals surface area (Å²) in [6.07, 6.45) is 0.709. The second kappa shape index (κ2) is 10.3. The number of esters is 1. The maximum atomic E-state index is 12.6. The van der Waals surface area contributed by atoms with Gasteiger partial charge in [-0.3, -0.25) is 4.79 Å². The van der Waals surface area contributed by atoms with E-state index >= 15 is 0 Å². The topological polar surface area (TPSA) is 175 Å². The standard InChI is InChI=1S/C24H40N2O9S/c1-13-22(4,16(28)10-27)35-24(19(30)31,21(2,3)23(13,5)33)12-34-17(29)9-7-6-8-15-18-14(11-36-15)25-20(32)26-18/h13-16,18,27-28,33H,6-12H2,1-5H3,(H,30,31)(H2,25,26,32)/t13-,14+,15?,16?,18+,22?,23?,24+/m1/s1. The van der Waals surface area contributed by atoms with E-state index < -0.39 is 59.4 Å². The highest BCUT2D eigenvalue weighted by molar-refractivity contribution is 8.00. The van der Waals surface area contributed by atoms with E-state index in [0.717, 1.165) is 18.6 Å². The summed E-state index contributed by atoms with van der Waals surface area (Å²) >= 11 is 1.79. The molecule has 0 aliphatic carbocycles. The predicted octanol–water partition coefficient (Wildman–Crippen LogP) is 0.634. The minimum Gasteiger partial charge on any atom is -0.479 e. The van der Waals surface area contributed by atoms with Crippen LogP contribution in [0.3, 0.4) is 0 Å². The summed E-state index contributed by atoms with van der Waals surface area (Å²) in [5.74, 6) is -1.94. The van der Waals surface area contributed by atoms with Crippen LogP contribution < -0.4 is 10.6 Å². The van der Waals surface area contributed by atoms with Crippen LogP contribution in [0.15, 0.2) is 0 Å². The lowest BCUT2D eigenvalue weighted by Crippen LogP contribution is -2.78. The minimum atomic E-state index is -2.17. The average Bonchev–Trinajstić information content (AvgIpc) is 3.36. The fourth-order valence-corrected chi connectivity index (χ4v) is 7.28. The van der Waals surface area contributed by atoms with Gasteiger partial charge in [0.25, 0.3) is 0 Å². The molecule has 0 radical (unpaired) electrons. The van der Waals surface area contributed by atoms with Crippen LogP contribution >= 0.6 is 11.8 Å². The van der Waals surface area contributed by atoms with E-state index in [0.29, 0.717) is 6.42 Å². The minimum absolute atomic E-state index is 0.0789. The monoisotopic (exact) mass is 532 g/mol. The van der Waals surface area contributed by atoms with Crippen molar-refractivity contribution in [3.05, 3.63) is 0 Å². The number of aliphatic hydroxyl groups excluding tert-OH is 2. The summed E-state index contributed by atoms with van der Waals surface area (Å²) in [5, 5.41) is 47.9. The van der Waals surface area contributed by atoms with Crippen molar-refractivity contribution in [3.63, 3.8) is 0 Å². The number of thioether (sulfide) groups is 1. The second-order valence-corrected chi connectivity index (χ2v) is 12.4. The molecular weight excluding hydrogens is 492 g/mol. The van der Waals surface area contributed by atoms with Crippen molar-refractivity contribution in [2.75, 3.05) is 19.0 Å². The first-order valence-electron chi connectivity index (χ1n) is 12.4. The third-order valence-electron chi connectivity index (χ3n) is 9.05. The Morgan fingerprint density at radius 1 is 1.22 bits per heavy atom. The molecule has 3 fully saturated rings. The molecule has 8 atom stereocenters. The molecule has 36 heavy (non-hydrogen) atoms. The van der Waals surface area contributed by atoms with Gasteiger partial charge in [0.1, 0.15) is 18.3 Å². The summed E-state index contributed by atoms with van der Waals surface area (Å²) in [6.45, 7) is 6.22. The summed E-state index contributed by atoms with van der Waals surface area (Å²) in [7, 11) is 0. The summed E-state index contributed by atoms with van der Waals surface area (Å²) in [5.41, 5.74) is -6.90. The lowest BCUT2D eigenvalue weighted by Gasteiger charge is -2.63. The number of fused-ring (bicyclic) bond motifs is 1. The van der Waals surface area contributed by atoms with Crippen LogP contribution in [-0.2, 0) is 19.1 Å². The predicted molar refractivity (Wildman–Crippen MR) is 131 cm³/mol. The zero-order valence-electron chi connectivity index (χ0n) is 21.6. The van der Waals surface area contributed by atoms with Gasteiger partial charge in [-0.25, -0.2) is 9.59 Å². The Balaban J connectivity index is 1.63. The molecule has 0 aromatic heterocycles. The van der Waals surface area contributed by atoms with E-state index in [1.54, 1.807) is 18.7 Å². The quantitative estimate of drug-likeness (QED) is 0.133. The van der Waals surface area contributed by atoms with Crippen LogP contribution in [0, 0.1) is 11.3 Å². The van der Waals surface area contributed by atoms with Crippen LogP contribution in [0.25, 0.3) is 0 Å². The molecule has 3 aliphatic heterocycles. The highest BCUT2D eigenvalue weighted by atomic mass is 32.2. The van der Waals surface area contributed by atoms with E-state index in [1.807, 2.05) is 0 Å². The average molecular weight is 533 g/mol. The smallest absolute Gasteiger partial charge is 0.340 e. The lowest BCUT2D eigenvalue weighted by atomic mass is 9.54. The molecule has 3 saturated heterocycles. The third-order valence-corrected chi connectivity index (χ3v) is 10.6. The number of ether oxygens (including phenoxy) is 2. The number of unbranched alkanes of at least 4 members (excludes halogenated alkanes) is 1. The first-order valence-corrected chi connectivity index (χ1v) is 13.5. The fourth-order valence-electron chi connectivity index (χ4n) is 5.73. The summed E-state index contributed by atoms with van der Waals surface area (Å²) in [4.78, 5) is 36.7. The van der Waals surface area contributed by atoms with Gasteiger partial charge < -0.3 is 40.5 Å². The molecule has 0 aromatic rings. The van der Waals surface area contributed by atoms with Crippen molar-refractivity contribution in [2.24, 2.45) is 11.3 Å².